The lowest BCUT2D eigenvalue weighted by molar-refractivity contribution is -0.120. The Hall–Kier alpha value is -3.03. The molecular weight excluding hydrogens is 472 g/mol. The number of nitrogens with zero attached hydrogens (tertiary/aromatic N) is 1. The molecule has 1 amide bonds. The van der Waals surface area contributed by atoms with Gasteiger partial charge in [0.25, 0.3) is 10.0 Å². The minimum atomic E-state index is -4.03. The summed E-state index contributed by atoms with van der Waals surface area (Å²) in [6.45, 7) is 5.66. The van der Waals surface area contributed by atoms with Crippen LogP contribution in [-0.4, -0.2) is 28.0 Å². The molecule has 0 spiro atoms. The van der Waals surface area contributed by atoms with E-state index in [9.17, 15) is 13.2 Å². The quantitative estimate of drug-likeness (QED) is 0.425. The molecule has 3 aromatic rings. The smallest absolute Gasteiger partial charge is 0.264 e. The maximum absolute atomic E-state index is 13.5. The number of nitrogens with one attached hydrogen (secondary N) is 1. The van der Waals surface area contributed by atoms with Crippen molar-refractivity contribution in [2.45, 2.75) is 38.1 Å². The van der Waals surface area contributed by atoms with Gasteiger partial charge in [0.1, 0.15) is 12.3 Å². The second-order valence-corrected chi connectivity index (χ2v) is 10.3. The first-order chi connectivity index (χ1) is 16.1. The first-order valence-corrected chi connectivity index (χ1v) is 12.8. The number of rotatable bonds is 9. The van der Waals surface area contributed by atoms with Gasteiger partial charge in [-0.25, -0.2) is 8.42 Å². The van der Waals surface area contributed by atoms with Crippen LogP contribution in [-0.2, 0) is 14.8 Å². The van der Waals surface area contributed by atoms with Crippen molar-refractivity contribution in [1.82, 2.24) is 5.32 Å². The zero-order valence-corrected chi connectivity index (χ0v) is 21.3. The molecule has 0 bridgehead atoms. The van der Waals surface area contributed by atoms with Gasteiger partial charge in [0, 0.05) is 5.02 Å². The summed E-state index contributed by atoms with van der Waals surface area (Å²) < 4.78 is 33.3. The van der Waals surface area contributed by atoms with Crippen molar-refractivity contribution in [2.24, 2.45) is 0 Å². The fourth-order valence-electron chi connectivity index (χ4n) is 3.57. The van der Waals surface area contributed by atoms with Crippen LogP contribution in [0.3, 0.4) is 0 Å². The Bertz CT molecular complexity index is 1240. The summed E-state index contributed by atoms with van der Waals surface area (Å²) in [6, 6.07) is 18.2. The molecule has 6 nitrogen and oxygen atoms in total. The average molecular weight is 501 g/mol. The van der Waals surface area contributed by atoms with Gasteiger partial charge in [0.2, 0.25) is 5.91 Å². The van der Waals surface area contributed by atoms with Gasteiger partial charge in [-0.3, -0.25) is 9.10 Å². The molecule has 0 aliphatic carbocycles. The molecule has 3 aromatic carbocycles. The maximum Gasteiger partial charge on any atom is 0.264 e. The number of hydrogen-bond acceptors (Lipinski definition) is 4. The normalized spacial score (nSPS) is 12.1. The highest BCUT2D eigenvalue weighted by Crippen LogP contribution is 2.27. The zero-order chi connectivity index (χ0) is 24.9. The monoisotopic (exact) mass is 500 g/mol. The number of amides is 1. The van der Waals surface area contributed by atoms with Crippen LogP contribution in [0, 0.1) is 13.8 Å². The number of halogens is 1. The third kappa shape index (κ3) is 5.90. The lowest BCUT2D eigenvalue weighted by atomic mass is 9.99. The van der Waals surface area contributed by atoms with Crippen LogP contribution in [0.15, 0.2) is 71.6 Å². The molecule has 1 N–H and O–H groups in total. The molecule has 180 valence electrons. The van der Waals surface area contributed by atoms with Crippen LogP contribution in [0.25, 0.3) is 0 Å². The van der Waals surface area contributed by atoms with E-state index in [0.29, 0.717) is 22.9 Å². The summed E-state index contributed by atoms with van der Waals surface area (Å²) in [7, 11) is -2.53. The van der Waals surface area contributed by atoms with Gasteiger partial charge >= 0.3 is 0 Å². The van der Waals surface area contributed by atoms with E-state index in [1.54, 1.807) is 36.4 Å². The average Bonchev–Trinajstić information content (AvgIpc) is 2.83. The minimum absolute atomic E-state index is 0.0530. The summed E-state index contributed by atoms with van der Waals surface area (Å²) in [5.41, 5.74) is 3.63. The second kappa shape index (κ2) is 10.9. The maximum atomic E-state index is 13.5. The SMILES string of the molecule is CCC(NC(=O)CN(c1ccc(Cl)cc1)S(=O)(=O)c1ccc(OC)cc1)c1ccc(C)c(C)c1. The Balaban J connectivity index is 1.90. The standard InChI is InChI=1S/C26H29ClN2O4S/c1-5-25(20-7-6-18(2)19(3)16-20)28-26(30)17-29(22-10-8-21(27)9-11-22)34(31,32)24-14-12-23(33-4)13-15-24/h6-16,25H,5,17H2,1-4H3,(H,28,30). The van der Waals surface area contributed by atoms with E-state index in [0.717, 1.165) is 15.4 Å². The van der Waals surface area contributed by atoms with Gasteiger partial charge in [-0.1, -0.05) is 36.7 Å². The summed E-state index contributed by atoms with van der Waals surface area (Å²) in [5, 5.41) is 3.46. The molecular formula is C26H29ClN2O4S. The van der Waals surface area contributed by atoms with Crippen molar-refractivity contribution in [1.29, 1.82) is 0 Å². The van der Waals surface area contributed by atoms with E-state index >= 15 is 0 Å². The zero-order valence-electron chi connectivity index (χ0n) is 19.7. The number of sulfonamides is 1. The van der Waals surface area contributed by atoms with Crippen molar-refractivity contribution >= 4 is 33.2 Å². The predicted molar refractivity (Wildman–Crippen MR) is 136 cm³/mol. The van der Waals surface area contributed by atoms with Gasteiger partial charge in [-0.2, -0.15) is 0 Å². The van der Waals surface area contributed by atoms with E-state index in [1.807, 2.05) is 32.9 Å². The molecule has 3 rings (SSSR count). The molecule has 0 aliphatic heterocycles. The number of carbonyl (C=O) groups excluding carboxylic acids is 1. The Kier molecular flexibility index (Phi) is 8.23. The van der Waals surface area contributed by atoms with E-state index in [2.05, 4.69) is 11.4 Å². The molecule has 1 unspecified atom stereocenters. The number of aryl methyl sites for hydroxylation is 2. The van der Waals surface area contributed by atoms with E-state index in [1.165, 1.54) is 24.8 Å². The molecule has 34 heavy (non-hydrogen) atoms. The summed E-state index contributed by atoms with van der Waals surface area (Å²) in [6.07, 6.45) is 0.667. The van der Waals surface area contributed by atoms with Crippen molar-refractivity contribution < 1.29 is 17.9 Å². The number of benzene rings is 3. The Labute approximate surface area is 206 Å². The highest BCUT2D eigenvalue weighted by molar-refractivity contribution is 7.92. The summed E-state index contributed by atoms with van der Waals surface area (Å²) >= 11 is 6.00. The molecule has 0 saturated heterocycles. The third-order valence-corrected chi connectivity index (χ3v) is 7.77. The highest BCUT2D eigenvalue weighted by Gasteiger charge is 2.28. The molecule has 0 fully saturated rings. The molecule has 0 aliphatic rings. The molecule has 8 heteroatoms. The highest BCUT2D eigenvalue weighted by atomic mass is 35.5. The number of ether oxygens (including phenoxy) is 1. The first-order valence-electron chi connectivity index (χ1n) is 10.9. The van der Waals surface area contributed by atoms with Gasteiger partial charge in [0.15, 0.2) is 0 Å². The lowest BCUT2D eigenvalue weighted by Crippen LogP contribution is -2.42. The first kappa shape index (κ1) is 25.6. The third-order valence-electron chi connectivity index (χ3n) is 5.73. The molecule has 0 saturated carbocycles. The van der Waals surface area contributed by atoms with Crippen molar-refractivity contribution in [3.8, 4) is 5.75 Å². The lowest BCUT2D eigenvalue weighted by Gasteiger charge is -2.26. The van der Waals surface area contributed by atoms with Crippen molar-refractivity contribution in [3.63, 3.8) is 0 Å². The number of hydrogen-bond donors (Lipinski definition) is 1. The van der Waals surface area contributed by atoms with E-state index < -0.39 is 15.9 Å². The van der Waals surface area contributed by atoms with Crippen molar-refractivity contribution in [2.75, 3.05) is 18.0 Å². The van der Waals surface area contributed by atoms with E-state index in [4.69, 9.17) is 16.3 Å². The second-order valence-electron chi connectivity index (χ2n) is 8.04. The summed E-state index contributed by atoms with van der Waals surface area (Å²) in [5.74, 6) is 0.131. The predicted octanol–water partition coefficient (Wildman–Crippen LogP) is 5.43. The molecule has 0 heterocycles. The molecule has 0 radical (unpaired) electrons. The van der Waals surface area contributed by atoms with Crippen LogP contribution < -0.4 is 14.4 Å². The minimum Gasteiger partial charge on any atom is -0.497 e. The fourth-order valence-corrected chi connectivity index (χ4v) is 5.12. The van der Waals surface area contributed by atoms with Crippen molar-refractivity contribution in [3.05, 3.63) is 88.4 Å². The number of anilines is 1. The largest absolute Gasteiger partial charge is 0.497 e. The van der Waals surface area contributed by atoms with E-state index in [-0.39, 0.29) is 17.5 Å². The summed E-state index contributed by atoms with van der Waals surface area (Å²) in [4.78, 5) is 13.2. The van der Waals surface area contributed by atoms with Crippen LogP contribution in [0.2, 0.25) is 5.02 Å². The molecule has 0 aromatic heterocycles. The van der Waals surface area contributed by atoms with Gasteiger partial charge < -0.3 is 10.1 Å². The number of methoxy groups -OCH3 is 1. The van der Waals surface area contributed by atoms with Gasteiger partial charge in [-0.15, -0.1) is 0 Å². The number of carbonyl (C=O) groups is 1. The van der Waals surface area contributed by atoms with Crippen LogP contribution >= 0.6 is 11.6 Å². The van der Waals surface area contributed by atoms with Crippen LogP contribution in [0.5, 0.6) is 5.75 Å². The Morgan fingerprint density at radius 1 is 1.00 bits per heavy atom. The Morgan fingerprint density at radius 3 is 2.21 bits per heavy atom. The van der Waals surface area contributed by atoms with Gasteiger partial charge in [0.05, 0.1) is 23.7 Å². The Morgan fingerprint density at radius 2 is 1.65 bits per heavy atom. The fraction of sp³-hybridized carbons (Fsp3) is 0.269. The van der Waals surface area contributed by atoms with Gasteiger partial charge in [-0.05, 0) is 85.5 Å². The van der Waals surface area contributed by atoms with Crippen LogP contribution in [0.4, 0.5) is 5.69 Å². The van der Waals surface area contributed by atoms with Crippen LogP contribution in [0.1, 0.15) is 36.1 Å². The molecule has 1 atom stereocenters. The topological polar surface area (TPSA) is 75.7 Å².